The molecule has 0 N–H and O–H groups in total. The van der Waals surface area contributed by atoms with E-state index < -0.39 is 0 Å². The van der Waals surface area contributed by atoms with E-state index in [1.54, 1.807) is 4.90 Å². The second kappa shape index (κ2) is 10.0. The van der Waals surface area contributed by atoms with Gasteiger partial charge < -0.3 is 14.0 Å². The van der Waals surface area contributed by atoms with E-state index in [0.717, 1.165) is 46.1 Å². The van der Waals surface area contributed by atoms with Crippen molar-refractivity contribution in [2.75, 3.05) is 19.8 Å². The zero-order chi connectivity index (χ0) is 22.8. The van der Waals surface area contributed by atoms with Gasteiger partial charge in [-0.2, -0.15) is 0 Å². The van der Waals surface area contributed by atoms with E-state index >= 15 is 0 Å². The van der Waals surface area contributed by atoms with E-state index in [9.17, 15) is 4.79 Å². The van der Waals surface area contributed by atoms with Crippen molar-refractivity contribution in [1.29, 1.82) is 0 Å². The summed E-state index contributed by atoms with van der Waals surface area (Å²) in [6.07, 6.45) is 6.13. The number of ether oxygens (including phenoxy) is 2. The maximum atomic E-state index is 13.1. The predicted octanol–water partition coefficient (Wildman–Crippen LogP) is 5.86. The standard InChI is InChI=1S/C25H23BrN2O3S2/c26-18-8-9-22-21(14-18)17(15-27(22)10-12-31-19-5-2-1-3-6-19)13-23-24(29)28(25(32)33-23)16-20-7-4-11-30-20/h1-3,5-6,8-9,13-15,20H,4,7,10-12,16H2/b23-13-/t20-/m0/s1. The van der Waals surface area contributed by atoms with Gasteiger partial charge in [-0.1, -0.05) is 58.1 Å². The summed E-state index contributed by atoms with van der Waals surface area (Å²) >= 11 is 10.5. The van der Waals surface area contributed by atoms with Crippen molar-refractivity contribution in [3.8, 4) is 5.75 Å². The number of para-hydroxylation sites is 1. The highest BCUT2D eigenvalue weighted by Gasteiger charge is 2.34. The second-order valence-electron chi connectivity index (χ2n) is 8.03. The molecular weight excluding hydrogens is 520 g/mol. The summed E-state index contributed by atoms with van der Waals surface area (Å²) in [5.74, 6) is 0.815. The molecule has 0 bridgehead atoms. The van der Waals surface area contributed by atoms with Crippen LogP contribution >= 0.6 is 39.9 Å². The molecular formula is C25H23BrN2O3S2. The van der Waals surface area contributed by atoms with Crippen molar-refractivity contribution in [2.24, 2.45) is 0 Å². The molecule has 3 heterocycles. The zero-order valence-corrected chi connectivity index (χ0v) is 21.1. The zero-order valence-electron chi connectivity index (χ0n) is 17.9. The fourth-order valence-corrected chi connectivity index (χ4v) is 5.79. The summed E-state index contributed by atoms with van der Waals surface area (Å²) in [5.41, 5.74) is 2.08. The molecule has 2 saturated heterocycles. The Bertz CT molecular complexity index is 1220. The minimum Gasteiger partial charge on any atom is -0.492 e. The second-order valence-corrected chi connectivity index (χ2v) is 10.6. The van der Waals surface area contributed by atoms with Gasteiger partial charge in [-0.3, -0.25) is 9.69 Å². The Balaban J connectivity index is 1.38. The minimum atomic E-state index is -0.0381. The summed E-state index contributed by atoms with van der Waals surface area (Å²) in [6.45, 7) is 2.54. The first-order valence-corrected chi connectivity index (χ1v) is 12.9. The molecule has 2 fully saturated rings. The Morgan fingerprint density at radius 1 is 1.24 bits per heavy atom. The van der Waals surface area contributed by atoms with Crippen LogP contribution in [0.1, 0.15) is 18.4 Å². The molecule has 1 atom stereocenters. The average molecular weight is 544 g/mol. The number of halogens is 1. The Hall–Kier alpha value is -2.13. The van der Waals surface area contributed by atoms with Gasteiger partial charge in [0, 0.05) is 33.7 Å². The minimum absolute atomic E-state index is 0.0381. The molecule has 5 rings (SSSR count). The number of hydrogen-bond donors (Lipinski definition) is 0. The SMILES string of the molecule is O=C1/C(=C/c2cn(CCOc3ccccc3)c3ccc(Br)cc23)SC(=S)N1C[C@@H]1CCCO1. The third-order valence-electron chi connectivity index (χ3n) is 5.79. The van der Waals surface area contributed by atoms with E-state index in [2.05, 4.69) is 38.8 Å². The van der Waals surface area contributed by atoms with Crippen LogP contribution in [-0.2, 0) is 16.1 Å². The molecule has 0 radical (unpaired) electrons. The summed E-state index contributed by atoms with van der Waals surface area (Å²) < 4.78 is 15.4. The Morgan fingerprint density at radius 3 is 2.88 bits per heavy atom. The molecule has 0 aliphatic carbocycles. The first-order valence-electron chi connectivity index (χ1n) is 10.9. The first-order chi connectivity index (χ1) is 16.1. The summed E-state index contributed by atoms with van der Waals surface area (Å²) in [6, 6.07) is 16.0. The lowest BCUT2D eigenvalue weighted by molar-refractivity contribution is -0.123. The molecule has 8 heteroatoms. The molecule has 33 heavy (non-hydrogen) atoms. The monoisotopic (exact) mass is 542 g/mol. The maximum Gasteiger partial charge on any atom is 0.266 e. The Kier molecular flexibility index (Phi) is 6.87. The van der Waals surface area contributed by atoms with Crippen LogP contribution in [0.2, 0.25) is 0 Å². The number of thioether (sulfide) groups is 1. The molecule has 2 aromatic carbocycles. The summed E-state index contributed by atoms with van der Waals surface area (Å²) in [4.78, 5) is 15.4. The van der Waals surface area contributed by atoms with E-state index in [4.69, 9.17) is 21.7 Å². The molecule has 0 saturated carbocycles. The number of amides is 1. The van der Waals surface area contributed by atoms with Crippen molar-refractivity contribution >= 4 is 67.1 Å². The van der Waals surface area contributed by atoms with Crippen molar-refractivity contribution in [1.82, 2.24) is 9.47 Å². The quantitative estimate of drug-likeness (QED) is 0.276. The van der Waals surface area contributed by atoms with Crippen molar-refractivity contribution < 1.29 is 14.3 Å². The number of carbonyl (C=O) groups excluding carboxylic acids is 1. The fourth-order valence-electron chi connectivity index (χ4n) is 4.17. The fraction of sp³-hybridized carbons (Fsp3) is 0.280. The van der Waals surface area contributed by atoms with Gasteiger partial charge in [0.25, 0.3) is 5.91 Å². The number of hydrogen-bond acceptors (Lipinski definition) is 5. The van der Waals surface area contributed by atoms with Crippen LogP contribution in [0.3, 0.4) is 0 Å². The van der Waals surface area contributed by atoms with E-state index in [1.165, 1.54) is 11.8 Å². The largest absolute Gasteiger partial charge is 0.492 e. The van der Waals surface area contributed by atoms with Gasteiger partial charge in [0.1, 0.15) is 16.7 Å². The van der Waals surface area contributed by atoms with Gasteiger partial charge in [-0.25, -0.2) is 0 Å². The molecule has 2 aliphatic heterocycles. The third kappa shape index (κ3) is 5.04. The van der Waals surface area contributed by atoms with Crippen LogP contribution in [-0.4, -0.2) is 45.6 Å². The highest BCUT2D eigenvalue weighted by molar-refractivity contribution is 9.10. The Labute approximate surface area is 210 Å². The number of carbonyl (C=O) groups is 1. The van der Waals surface area contributed by atoms with Crippen molar-refractivity contribution in [3.05, 3.63) is 69.7 Å². The lowest BCUT2D eigenvalue weighted by Crippen LogP contribution is -2.35. The van der Waals surface area contributed by atoms with Gasteiger partial charge in [0.2, 0.25) is 0 Å². The van der Waals surface area contributed by atoms with E-state index in [-0.39, 0.29) is 12.0 Å². The molecule has 170 valence electrons. The molecule has 1 aromatic heterocycles. The molecule has 2 aliphatic rings. The highest BCUT2D eigenvalue weighted by Crippen LogP contribution is 2.35. The van der Waals surface area contributed by atoms with Crippen molar-refractivity contribution in [2.45, 2.75) is 25.5 Å². The normalized spacial score (nSPS) is 19.8. The van der Waals surface area contributed by atoms with E-state index in [1.807, 2.05) is 42.5 Å². The average Bonchev–Trinajstić information content (AvgIpc) is 3.51. The molecule has 0 spiro atoms. The van der Waals surface area contributed by atoms with Gasteiger partial charge in [0.05, 0.1) is 24.1 Å². The lowest BCUT2D eigenvalue weighted by Gasteiger charge is -2.18. The highest BCUT2D eigenvalue weighted by atomic mass is 79.9. The smallest absolute Gasteiger partial charge is 0.266 e. The van der Waals surface area contributed by atoms with Crippen molar-refractivity contribution in [3.63, 3.8) is 0 Å². The number of aromatic nitrogens is 1. The van der Waals surface area contributed by atoms with Crippen LogP contribution < -0.4 is 4.74 Å². The lowest BCUT2D eigenvalue weighted by atomic mass is 10.1. The van der Waals surface area contributed by atoms with Gasteiger partial charge in [0.15, 0.2) is 0 Å². The molecule has 1 amide bonds. The number of fused-ring (bicyclic) bond motifs is 1. The number of thiocarbonyl (C=S) groups is 1. The van der Waals surface area contributed by atoms with Crippen LogP contribution in [0, 0.1) is 0 Å². The number of benzene rings is 2. The predicted molar refractivity (Wildman–Crippen MR) is 140 cm³/mol. The van der Waals surface area contributed by atoms with Crippen LogP contribution in [0.25, 0.3) is 17.0 Å². The van der Waals surface area contributed by atoms with Crippen LogP contribution in [0.15, 0.2) is 64.1 Å². The summed E-state index contributed by atoms with van der Waals surface area (Å²) in [7, 11) is 0. The summed E-state index contributed by atoms with van der Waals surface area (Å²) in [5, 5.41) is 1.08. The number of rotatable bonds is 7. The van der Waals surface area contributed by atoms with Crippen LogP contribution in [0.4, 0.5) is 0 Å². The van der Waals surface area contributed by atoms with Gasteiger partial charge >= 0.3 is 0 Å². The molecule has 5 nitrogen and oxygen atoms in total. The number of nitrogens with zero attached hydrogens (tertiary/aromatic N) is 2. The molecule has 0 unspecified atom stereocenters. The first kappa shape index (κ1) is 22.7. The van der Waals surface area contributed by atoms with E-state index in [0.29, 0.717) is 28.9 Å². The third-order valence-corrected chi connectivity index (χ3v) is 7.66. The molecule has 3 aromatic rings. The maximum absolute atomic E-state index is 13.1. The van der Waals surface area contributed by atoms with Gasteiger partial charge in [-0.15, -0.1) is 0 Å². The van der Waals surface area contributed by atoms with Crippen LogP contribution in [0.5, 0.6) is 5.75 Å². The van der Waals surface area contributed by atoms with Gasteiger partial charge in [-0.05, 0) is 49.2 Å². The Morgan fingerprint density at radius 2 is 2.09 bits per heavy atom. The topological polar surface area (TPSA) is 43.7 Å².